The van der Waals surface area contributed by atoms with E-state index in [4.69, 9.17) is 28.4 Å². The highest BCUT2D eigenvalue weighted by atomic mass is 16.5. The van der Waals surface area contributed by atoms with Crippen molar-refractivity contribution >= 4 is 33.5 Å². The lowest BCUT2D eigenvalue weighted by atomic mass is 9.73. The van der Waals surface area contributed by atoms with E-state index in [-0.39, 0.29) is 0 Å². The predicted octanol–water partition coefficient (Wildman–Crippen LogP) is 19.1. The molecule has 1 spiro atoms. The highest BCUT2D eigenvalue weighted by molar-refractivity contribution is 6.09. The lowest BCUT2D eigenvalue weighted by molar-refractivity contribution is 0.0496. The largest absolute Gasteiger partial charge is 0.494 e. The SMILES string of the molecule is CCCCCCCCOc1ccc(C#Cc2ccc(C#Cc3ccc(OC(=O)c4cc5c(c6ccccc46)OCC4(COc6c(cc(C(=O)Oc7ccc(C#Cc8ccc(C#Cc9ccc(OCCCCCCCC)cc9)cc8)cc7)c7ccccc67)C4)C5)cc3)cc2)cc1. The average Bonchev–Trinajstić information content (AvgIpc) is 0.759. The molecule has 95 heavy (non-hydrogen) atoms. The van der Waals surface area contributed by atoms with Crippen LogP contribution in [0.4, 0.5) is 0 Å². The summed E-state index contributed by atoms with van der Waals surface area (Å²) < 4.78 is 37.4. The summed E-state index contributed by atoms with van der Waals surface area (Å²) >= 11 is 0. The monoisotopic (exact) mass is 1250 g/mol. The molecule has 0 bridgehead atoms. The standard InChI is InChI=1S/C87H76O8/c1-3-5-7-9-11-17-55-90-73-47-39-67(40-48-73)35-31-63-23-27-65(28-24-63)33-37-69-43-51-75(52-44-69)94-85(88)81-57-71-59-87(61-92-83(71)79-21-15-13-19-77(79)81)60-72-58-82(78-20-14-16-22-80(78)84(72)93-62-87)86(89)95-76-53-45-70(46-54-76)38-34-66-29-25-64(26-30-66)32-36-68-41-49-74(50-42-68)91-56-18-12-10-8-6-4-2/h13-16,19-30,39-54,57-58H,3-12,17-18,55-56,59-62H2,1-2H3. The lowest BCUT2D eigenvalue weighted by Crippen LogP contribution is -2.44. The molecule has 2 heterocycles. The van der Waals surface area contributed by atoms with E-state index >= 15 is 0 Å². The molecule has 12 rings (SSSR count). The van der Waals surface area contributed by atoms with Crippen LogP contribution in [0.5, 0.6) is 34.5 Å². The number of hydrogen-bond acceptors (Lipinski definition) is 8. The fourth-order valence-corrected chi connectivity index (χ4v) is 12.1. The van der Waals surface area contributed by atoms with Crippen LogP contribution >= 0.6 is 0 Å². The van der Waals surface area contributed by atoms with Crippen molar-refractivity contribution in [2.24, 2.45) is 5.41 Å². The molecule has 0 radical (unpaired) electrons. The van der Waals surface area contributed by atoms with Crippen LogP contribution in [-0.4, -0.2) is 38.4 Å². The minimum Gasteiger partial charge on any atom is -0.494 e. The first-order chi connectivity index (χ1) is 46.7. The highest BCUT2D eigenvalue weighted by Gasteiger charge is 2.42. The molecule has 8 heteroatoms. The van der Waals surface area contributed by atoms with E-state index in [9.17, 15) is 9.59 Å². The van der Waals surface area contributed by atoms with Crippen LogP contribution in [-0.2, 0) is 12.8 Å². The Bertz CT molecular complexity index is 4300. The fraction of sp³-hybridized carbons (Fsp3) is 0.241. The summed E-state index contributed by atoms with van der Waals surface area (Å²) in [4.78, 5) is 28.5. The zero-order valence-electron chi connectivity index (χ0n) is 54.1. The second-order valence-electron chi connectivity index (χ2n) is 24.6. The Labute approximate surface area is 558 Å². The molecule has 0 N–H and O–H groups in total. The molecule has 0 unspecified atom stereocenters. The molecule has 2 aliphatic rings. The fourth-order valence-electron chi connectivity index (χ4n) is 12.1. The van der Waals surface area contributed by atoms with E-state index in [0.29, 0.717) is 48.7 Å². The van der Waals surface area contributed by atoms with Gasteiger partial charge in [-0.3, -0.25) is 0 Å². The molecule has 0 amide bonds. The van der Waals surface area contributed by atoms with E-state index < -0.39 is 17.4 Å². The van der Waals surface area contributed by atoms with Gasteiger partial charge in [0.25, 0.3) is 0 Å². The van der Waals surface area contributed by atoms with Crippen LogP contribution in [0, 0.1) is 52.8 Å². The molecule has 0 atom stereocenters. The third-order valence-electron chi connectivity index (χ3n) is 17.3. The Hall–Kier alpha value is -10.9. The number of benzene rings is 10. The van der Waals surface area contributed by atoms with Gasteiger partial charge in [0.2, 0.25) is 0 Å². The number of esters is 2. The second kappa shape index (κ2) is 31.6. The number of fused-ring (bicyclic) bond motifs is 6. The summed E-state index contributed by atoms with van der Waals surface area (Å²) in [5, 5.41) is 3.13. The number of hydrogen-bond donors (Lipinski definition) is 0. The predicted molar refractivity (Wildman–Crippen MR) is 379 cm³/mol. The van der Waals surface area contributed by atoms with Crippen LogP contribution in [0.1, 0.15) is 167 Å². The molecule has 2 aliphatic heterocycles. The molecule has 10 aromatic rings. The second-order valence-corrected chi connectivity index (χ2v) is 24.6. The van der Waals surface area contributed by atoms with Gasteiger partial charge in [0.05, 0.1) is 37.6 Å². The number of carbonyl (C=O) groups excluding carboxylic acids is 2. The van der Waals surface area contributed by atoms with Gasteiger partial charge in [0.15, 0.2) is 0 Å². The van der Waals surface area contributed by atoms with E-state index in [1.54, 1.807) is 24.3 Å². The van der Waals surface area contributed by atoms with Crippen LogP contribution in [0.3, 0.4) is 0 Å². The molecule has 0 saturated heterocycles. The molecule has 0 aromatic heterocycles. The first-order valence-corrected chi connectivity index (χ1v) is 33.5. The van der Waals surface area contributed by atoms with Crippen molar-refractivity contribution in [3.63, 3.8) is 0 Å². The van der Waals surface area contributed by atoms with E-state index in [2.05, 4.69) is 61.2 Å². The maximum absolute atomic E-state index is 14.3. The van der Waals surface area contributed by atoms with Gasteiger partial charge in [-0.05, 0) is 205 Å². The Morgan fingerprint density at radius 3 is 0.937 bits per heavy atom. The minimum absolute atomic E-state index is 0.377. The summed E-state index contributed by atoms with van der Waals surface area (Å²) in [5.41, 5.74) is 9.04. The van der Waals surface area contributed by atoms with Crippen molar-refractivity contribution in [1.82, 2.24) is 0 Å². The third kappa shape index (κ3) is 17.0. The highest BCUT2D eigenvalue weighted by Crippen LogP contribution is 2.48. The quantitative estimate of drug-likeness (QED) is 0.0323. The van der Waals surface area contributed by atoms with Crippen molar-refractivity contribution in [2.75, 3.05) is 26.4 Å². The van der Waals surface area contributed by atoms with Gasteiger partial charge < -0.3 is 28.4 Å². The van der Waals surface area contributed by atoms with Gasteiger partial charge in [-0.2, -0.15) is 0 Å². The molecule has 472 valence electrons. The number of ether oxygens (including phenoxy) is 6. The third-order valence-corrected chi connectivity index (χ3v) is 17.3. The van der Waals surface area contributed by atoms with Crippen LogP contribution in [0.2, 0.25) is 0 Å². The van der Waals surface area contributed by atoms with Crippen LogP contribution in [0.15, 0.2) is 206 Å². The topological polar surface area (TPSA) is 89.5 Å². The average molecular weight is 1250 g/mol. The summed E-state index contributed by atoms with van der Waals surface area (Å²) in [6.45, 7) is 6.71. The summed E-state index contributed by atoms with van der Waals surface area (Å²) in [6.07, 6.45) is 16.0. The molecular weight excluding hydrogens is 1170 g/mol. The van der Waals surface area contributed by atoms with E-state index in [1.165, 1.54) is 64.2 Å². The zero-order valence-corrected chi connectivity index (χ0v) is 54.1. The minimum atomic E-state index is -0.501. The normalized spacial score (nSPS) is 12.3. The van der Waals surface area contributed by atoms with Crippen molar-refractivity contribution in [1.29, 1.82) is 0 Å². The molecule has 0 saturated carbocycles. The summed E-state index contributed by atoms with van der Waals surface area (Å²) in [7, 11) is 0. The van der Waals surface area contributed by atoms with Gasteiger partial charge >= 0.3 is 11.9 Å². The Balaban J connectivity index is 0.654. The van der Waals surface area contributed by atoms with Crippen LogP contribution in [0.25, 0.3) is 21.5 Å². The number of carbonyl (C=O) groups is 2. The van der Waals surface area contributed by atoms with Gasteiger partial charge in [0, 0.05) is 60.7 Å². The van der Waals surface area contributed by atoms with E-state index in [1.807, 2.05) is 182 Å². The molecule has 8 nitrogen and oxygen atoms in total. The van der Waals surface area contributed by atoms with Crippen molar-refractivity contribution < 1.29 is 38.0 Å². The first kappa shape index (κ1) is 64.2. The Kier molecular flexibility index (Phi) is 21.4. The van der Waals surface area contributed by atoms with Crippen molar-refractivity contribution in [3.8, 4) is 81.9 Å². The van der Waals surface area contributed by atoms with Crippen LogP contribution < -0.4 is 28.4 Å². The van der Waals surface area contributed by atoms with Gasteiger partial charge in [-0.25, -0.2) is 9.59 Å². The molecule has 0 fully saturated rings. The Morgan fingerprint density at radius 2 is 0.621 bits per heavy atom. The number of unbranched alkanes of at least 4 members (excludes halogenated alkanes) is 10. The maximum atomic E-state index is 14.3. The molecule has 10 aromatic carbocycles. The van der Waals surface area contributed by atoms with Crippen molar-refractivity contribution in [2.45, 2.75) is 104 Å². The number of rotatable bonds is 20. The van der Waals surface area contributed by atoms with E-state index in [0.717, 1.165) is 126 Å². The van der Waals surface area contributed by atoms with Gasteiger partial charge in [0.1, 0.15) is 34.5 Å². The van der Waals surface area contributed by atoms with Gasteiger partial charge in [-0.15, -0.1) is 0 Å². The van der Waals surface area contributed by atoms with Crippen molar-refractivity contribution in [3.05, 3.63) is 273 Å². The molecule has 0 aliphatic carbocycles. The lowest BCUT2D eigenvalue weighted by Gasteiger charge is -2.42. The first-order valence-electron chi connectivity index (χ1n) is 33.5. The zero-order chi connectivity index (χ0) is 65.0. The maximum Gasteiger partial charge on any atom is 0.344 e. The smallest absolute Gasteiger partial charge is 0.344 e. The summed E-state index contributed by atoms with van der Waals surface area (Å²) in [5.74, 6) is 29.0. The molecular formula is C87H76O8. The van der Waals surface area contributed by atoms with Gasteiger partial charge in [-0.1, -0.05) is 174 Å². The Morgan fingerprint density at radius 1 is 0.347 bits per heavy atom. The summed E-state index contributed by atoms with van der Waals surface area (Å²) in [6, 6.07) is 65.4.